The molecular weight excluding hydrogens is 416 g/mol. The first kappa shape index (κ1) is 22.4. The van der Waals surface area contributed by atoms with Gasteiger partial charge < -0.3 is 9.88 Å². The van der Waals surface area contributed by atoms with Crippen molar-refractivity contribution in [1.29, 1.82) is 10.5 Å². The fourth-order valence-corrected chi connectivity index (χ4v) is 6.60. The van der Waals surface area contributed by atoms with Crippen molar-refractivity contribution < 1.29 is 4.79 Å². The number of fused-ring (bicyclic) bond motifs is 1. The van der Waals surface area contributed by atoms with Crippen molar-refractivity contribution in [3.8, 4) is 17.1 Å². The van der Waals surface area contributed by atoms with Gasteiger partial charge in [0.25, 0.3) is 5.91 Å². The van der Waals surface area contributed by atoms with Crippen molar-refractivity contribution in [2.75, 3.05) is 0 Å². The summed E-state index contributed by atoms with van der Waals surface area (Å²) < 4.78 is 2.11. The number of nitriles is 2. The summed E-state index contributed by atoms with van der Waals surface area (Å²) in [7, 11) is 0. The lowest BCUT2D eigenvalue weighted by atomic mass is 9.86. The van der Waals surface area contributed by atoms with E-state index in [9.17, 15) is 15.3 Å². The Labute approximate surface area is 194 Å². The summed E-state index contributed by atoms with van der Waals surface area (Å²) in [5, 5.41) is 23.6. The molecule has 1 fully saturated rings. The normalized spacial score (nSPS) is 20.8. The third kappa shape index (κ3) is 4.12. The zero-order chi connectivity index (χ0) is 22.8. The largest absolute Gasteiger partial charge is 0.348 e. The molecule has 0 radical (unpaired) electrons. The monoisotopic (exact) mass is 446 g/mol. The van der Waals surface area contributed by atoms with Gasteiger partial charge in [0.05, 0.1) is 5.56 Å². The standard InChI is InChI=1S/C26H30N4OS/c1-16-8-4-6-10-23(16)29-25(31)20(14-27)13-19-12-17(2)30(18(19)3)26-22(15-28)21-9-5-7-11-24(21)32-26/h12-13,16,23H,4-11H2,1-3H3,(H,29,31)/b20-13+/t16-,23-/m1/s1. The smallest absolute Gasteiger partial charge is 0.262 e. The molecule has 5 nitrogen and oxygen atoms in total. The number of hydrogen-bond acceptors (Lipinski definition) is 4. The van der Waals surface area contributed by atoms with Gasteiger partial charge >= 0.3 is 0 Å². The number of carbonyl (C=O) groups is 1. The van der Waals surface area contributed by atoms with Crippen LogP contribution in [0, 0.1) is 42.4 Å². The molecule has 2 aliphatic rings. The third-order valence-electron chi connectivity index (χ3n) is 7.03. The number of thiophene rings is 1. The number of rotatable bonds is 4. The molecule has 2 aliphatic carbocycles. The Kier molecular flexibility index (Phi) is 6.53. The molecule has 0 unspecified atom stereocenters. The number of aryl methyl sites for hydroxylation is 2. The maximum absolute atomic E-state index is 12.8. The molecule has 1 N–H and O–H groups in total. The summed E-state index contributed by atoms with van der Waals surface area (Å²) in [5.74, 6) is 0.146. The molecule has 0 aliphatic heterocycles. The average Bonchev–Trinajstić information content (AvgIpc) is 3.28. The van der Waals surface area contributed by atoms with Gasteiger partial charge in [-0.15, -0.1) is 11.3 Å². The van der Waals surface area contributed by atoms with Crippen LogP contribution in [0.3, 0.4) is 0 Å². The zero-order valence-electron chi connectivity index (χ0n) is 19.1. The van der Waals surface area contributed by atoms with Gasteiger partial charge in [-0.25, -0.2) is 0 Å². The zero-order valence-corrected chi connectivity index (χ0v) is 19.9. The first-order valence-electron chi connectivity index (χ1n) is 11.6. The number of nitrogens with one attached hydrogen (secondary N) is 1. The molecule has 0 bridgehead atoms. The highest BCUT2D eigenvalue weighted by Gasteiger charge is 2.26. The lowest BCUT2D eigenvalue weighted by Crippen LogP contribution is -2.41. The van der Waals surface area contributed by atoms with E-state index in [0.717, 1.165) is 66.0 Å². The van der Waals surface area contributed by atoms with Crippen LogP contribution in [-0.2, 0) is 17.6 Å². The molecule has 0 saturated heterocycles. The molecular formula is C26H30N4OS. The second kappa shape index (κ2) is 9.35. The Bertz CT molecular complexity index is 1150. The Hall–Kier alpha value is -2.83. The summed E-state index contributed by atoms with van der Waals surface area (Å²) in [4.78, 5) is 14.2. The topological polar surface area (TPSA) is 81.6 Å². The SMILES string of the molecule is Cc1cc(/C=C(\C#N)C(=O)N[C@@H]2CCCC[C@H]2C)c(C)n1-c1sc2c(c1C#N)CCCC2. The molecule has 32 heavy (non-hydrogen) atoms. The van der Waals surface area contributed by atoms with Crippen LogP contribution in [0.5, 0.6) is 0 Å². The Morgan fingerprint density at radius 2 is 1.94 bits per heavy atom. The molecule has 2 atom stereocenters. The van der Waals surface area contributed by atoms with Gasteiger partial charge in [0, 0.05) is 22.3 Å². The molecule has 166 valence electrons. The number of amides is 1. The molecule has 1 saturated carbocycles. The van der Waals surface area contributed by atoms with E-state index < -0.39 is 0 Å². The fourth-order valence-electron chi connectivity index (χ4n) is 5.15. The second-order valence-corrected chi connectivity index (χ2v) is 10.3. The van der Waals surface area contributed by atoms with Crippen LogP contribution in [0.15, 0.2) is 11.6 Å². The first-order valence-corrected chi connectivity index (χ1v) is 12.4. The maximum atomic E-state index is 12.8. The lowest BCUT2D eigenvalue weighted by molar-refractivity contribution is -0.118. The average molecular weight is 447 g/mol. The van der Waals surface area contributed by atoms with Gasteiger partial charge in [0.15, 0.2) is 0 Å². The molecule has 2 aromatic rings. The number of hydrogen-bond donors (Lipinski definition) is 1. The van der Waals surface area contributed by atoms with E-state index in [-0.39, 0.29) is 17.5 Å². The van der Waals surface area contributed by atoms with Crippen molar-refractivity contribution in [1.82, 2.24) is 9.88 Å². The Balaban J connectivity index is 1.66. The number of aromatic nitrogens is 1. The van der Waals surface area contributed by atoms with Gasteiger partial charge in [0.1, 0.15) is 22.7 Å². The van der Waals surface area contributed by atoms with Crippen LogP contribution in [0.1, 0.15) is 78.4 Å². The van der Waals surface area contributed by atoms with Gasteiger partial charge in [-0.05, 0) is 81.6 Å². The molecule has 2 aromatic heterocycles. The molecule has 0 spiro atoms. The van der Waals surface area contributed by atoms with Crippen LogP contribution >= 0.6 is 11.3 Å². The Morgan fingerprint density at radius 3 is 2.66 bits per heavy atom. The molecule has 0 aromatic carbocycles. The minimum Gasteiger partial charge on any atom is -0.348 e. The van der Waals surface area contributed by atoms with Crippen molar-refractivity contribution in [3.63, 3.8) is 0 Å². The summed E-state index contributed by atoms with van der Waals surface area (Å²) in [5.41, 5.74) is 4.93. The molecule has 1 amide bonds. The summed E-state index contributed by atoms with van der Waals surface area (Å²) in [6.07, 6.45) is 10.4. The quantitative estimate of drug-likeness (QED) is 0.497. The van der Waals surface area contributed by atoms with Gasteiger partial charge in [-0.3, -0.25) is 4.79 Å². The van der Waals surface area contributed by atoms with E-state index in [1.54, 1.807) is 17.4 Å². The van der Waals surface area contributed by atoms with Crippen LogP contribution in [-0.4, -0.2) is 16.5 Å². The number of nitrogens with zero attached hydrogens (tertiary/aromatic N) is 3. The molecule has 2 heterocycles. The maximum Gasteiger partial charge on any atom is 0.262 e. The van der Waals surface area contributed by atoms with E-state index in [1.807, 2.05) is 19.9 Å². The van der Waals surface area contributed by atoms with E-state index in [4.69, 9.17) is 0 Å². The second-order valence-electron chi connectivity index (χ2n) is 9.18. The number of carbonyl (C=O) groups excluding carboxylic acids is 1. The highest BCUT2D eigenvalue weighted by atomic mass is 32.1. The van der Waals surface area contributed by atoms with Gasteiger partial charge in [0.2, 0.25) is 0 Å². The predicted molar refractivity (Wildman–Crippen MR) is 128 cm³/mol. The van der Waals surface area contributed by atoms with E-state index in [1.165, 1.54) is 23.3 Å². The third-order valence-corrected chi connectivity index (χ3v) is 8.31. The summed E-state index contributed by atoms with van der Waals surface area (Å²) >= 11 is 1.71. The van der Waals surface area contributed by atoms with Crippen molar-refractivity contribution >= 4 is 23.3 Å². The van der Waals surface area contributed by atoms with Crippen LogP contribution in [0.25, 0.3) is 11.1 Å². The van der Waals surface area contributed by atoms with Crippen LogP contribution < -0.4 is 5.32 Å². The van der Waals surface area contributed by atoms with Crippen molar-refractivity contribution in [2.24, 2.45) is 5.92 Å². The minimum absolute atomic E-state index is 0.133. The van der Waals surface area contributed by atoms with E-state index in [2.05, 4.69) is 28.9 Å². The minimum atomic E-state index is -0.291. The first-order chi connectivity index (χ1) is 15.4. The summed E-state index contributed by atoms with van der Waals surface area (Å²) in [6, 6.07) is 6.68. The highest BCUT2D eigenvalue weighted by molar-refractivity contribution is 7.15. The predicted octanol–water partition coefficient (Wildman–Crippen LogP) is 5.51. The van der Waals surface area contributed by atoms with Gasteiger partial charge in [-0.1, -0.05) is 19.8 Å². The summed E-state index contributed by atoms with van der Waals surface area (Å²) in [6.45, 7) is 6.18. The Morgan fingerprint density at radius 1 is 1.19 bits per heavy atom. The van der Waals surface area contributed by atoms with Crippen molar-refractivity contribution in [2.45, 2.75) is 78.2 Å². The van der Waals surface area contributed by atoms with Crippen LogP contribution in [0.4, 0.5) is 0 Å². The highest BCUT2D eigenvalue weighted by Crippen LogP contribution is 2.38. The van der Waals surface area contributed by atoms with Crippen molar-refractivity contribution in [3.05, 3.63) is 44.6 Å². The van der Waals surface area contributed by atoms with E-state index in [0.29, 0.717) is 5.92 Å². The fraction of sp³-hybridized carbons (Fsp3) is 0.500. The van der Waals surface area contributed by atoms with Crippen LogP contribution in [0.2, 0.25) is 0 Å². The van der Waals surface area contributed by atoms with Gasteiger partial charge in [-0.2, -0.15) is 10.5 Å². The van der Waals surface area contributed by atoms with E-state index >= 15 is 0 Å². The molecule has 4 rings (SSSR count). The lowest BCUT2D eigenvalue weighted by Gasteiger charge is -2.29. The molecule has 6 heteroatoms.